The van der Waals surface area contributed by atoms with Gasteiger partial charge in [0.2, 0.25) is 11.8 Å². The summed E-state index contributed by atoms with van der Waals surface area (Å²) in [5, 5.41) is 8.76. The van der Waals surface area contributed by atoms with Crippen LogP contribution in [0, 0.1) is 6.92 Å². The lowest BCUT2D eigenvalue weighted by Gasteiger charge is -2.13. The molecule has 2 rings (SSSR count). The minimum Gasteiger partial charge on any atom is -0.368 e. The van der Waals surface area contributed by atoms with Crippen LogP contribution in [-0.2, 0) is 17.4 Å². The van der Waals surface area contributed by atoms with Crippen LogP contribution in [0.25, 0.3) is 0 Å². The average Bonchev–Trinajstić information content (AvgIpc) is 2.94. The van der Waals surface area contributed by atoms with E-state index in [4.69, 9.17) is 4.52 Å². The highest BCUT2D eigenvalue weighted by Crippen LogP contribution is 2.33. The van der Waals surface area contributed by atoms with Crippen LogP contribution in [0.3, 0.4) is 0 Å². The van der Waals surface area contributed by atoms with Crippen molar-refractivity contribution in [2.75, 3.05) is 18.4 Å². The summed E-state index contributed by atoms with van der Waals surface area (Å²) in [5.74, 6) is 0.333. The zero-order chi connectivity index (χ0) is 17.6. The number of amides is 1. The Morgan fingerprint density at radius 2 is 2.12 bits per heavy atom. The van der Waals surface area contributed by atoms with Crippen molar-refractivity contribution in [3.05, 3.63) is 35.6 Å². The second-order valence-electron chi connectivity index (χ2n) is 4.91. The Morgan fingerprint density at radius 3 is 2.79 bits per heavy atom. The van der Waals surface area contributed by atoms with E-state index >= 15 is 0 Å². The highest BCUT2D eigenvalue weighted by atomic mass is 19.4. The second-order valence-corrected chi connectivity index (χ2v) is 4.91. The SMILES string of the molecule is Cc1noc(CCC(=O)NCCNc2ncccc2C(F)(F)F)n1. The Bertz CT molecular complexity index is 687. The molecule has 2 aromatic heterocycles. The molecule has 0 saturated heterocycles. The molecule has 0 radical (unpaired) electrons. The first-order valence-corrected chi connectivity index (χ1v) is 7.18. The maximum Gasteiger partial charge on any atom is 0.419 e. The lowest BCUT2D eigenvalue weighted by Crippen LogP contribution is -2.29. The van der Waals surface area contributed by atoms with Crippen molar-refractivity contribution < 1.29 is 22.5 Å². The van der Waals surface area contributed by atoms with Crippen LogP contribution >= 0.6 is 0 Å². The van der Waals surface area contributed by atoms with Crippen LogP contribution < -0.4 is 10.6 Å². The van der Waals surface area contributed by atoms with E-state index in [2.05, 4.69) is 25.8 Å². The molecule has 2 heterocycles. The molecule has 0 aliphatic carbocycles. The number of anilines is 1. The Kier molecular flexibility index (Phi) is 5.72. The number of carbonyl (C=O) groups is 1. The van der Waals surface area contributed by atoms with Crippen molar-refractivity contribution in [2.24, 2.45) is 0 Å². The molecule has 7 nitrogen and oxygen atoms in total. The molecule has 2 aromatic rings. The van der Waals surface area contributed by atoms with Crippen molar-refractivity contribution in [1.29, 1.82) is 0 Å². The topological polar surface area (TPSA) is 92.9 Å². The summed E-state index contributed by atoms with van der Waals surface area (Å²) >= 11 is 0. The van der Waals surface area contributed by atoms with E-state index in [1.165, 1.54) is 12.3 Å². The molecule has 0 spiro atoms. The molecular weight excluding hydrogens is 327 g/mol. The molecule has 0 atom stereocenters. The molecule has 130 valence electrons. The summed E-state index contributed by atoms with van der Waals surface area (Å²) in [5.41, 5.74) is -0.844. The smallest absolute Gasteiger partial charge is 0.368 e. The number of nitrogens with zero attached hydrogens (tertiary/aromatic N) is 3. The van der Waals surface area contributed by atoms with E-state index in [9.17, 15) is 18.0 Å². The zero-order valence-electron chi connectivity index (χ0n) is 12.9. The van der Waals surface area contributed by atoms with Crippen molar-refractivity contribution in [3.8, 4) is 0 Å². The van der Waals surface area contributed by atoms with Crippen molar-refractivity contribution in [2.45, 2.75) is 25.9 Å². The summed E-state index contributed by atoms with van der Waals surface area (Å²) in [4.78, 5) is 19.3. The number of hydrogen-bond donors (Lipinski definition) is 2. The molecule has 0 fully saturated rings. The van der Waals surface area contributed by atoms with Gasteiger partial charge in [0.05, 0.1) is 5.56 Å². The number of nitrogens with one attached hydrogen (secondary N) is 2. The minimum absolute atomic E-state index is 0.117. The number of hydrogen-bond acceptors (Lipinski definition) is 6. The molecule has 24 heavy (non-hydrogen) atoms. The normalized spacial score (nSPS) is 11.3. The zero-order valence-corrected chi connectivity index (χ0v) is 12.9. The number of rotatable bonds is 7. The fourth-order valence-electron chi connectivity index (χ4n) is 1.91. The number of pyridine rings is 1. The number of aromatic nitrogens is 3. The molecule has 0 aliphatic rings. The minimum atomic E-state index is -4.48. The van der Waals surface area contributed by atoms with Gasteiger partial charge in [-0.05, 0) is 19.1 Å². The van der Waals surface area contributed by atoms with E-state index in [0.29, 0.717) is 18.1 Å². The van der Waals surface area contributed by atoms with E-state index in [0.717, 1.165) is 6.07 Å². The Labute approximate surface area is 135 Å². The third kappa shape index (κ3) is 5.21. The van der Waals surface area contributed by atoms with Gasteiger partial charge in [0.1, 0.15) is 5.82 Å². The van der Waals surface area contributed by atoms with E-state index < -0.39 is 11.7 Å². The molecule has 0 bridgehead atoms. The van der Waals surface area contributed by atoms with Crippen LogP contribution in [-0.4, -0.2) is 34.1 Å². The molecule has 0 saturated carbocycles. The maximum atomic E-state index is 12.8. The molecule has 0 aliphatic heterocycles. The van der Waals surface area contributed by atoms with Gasteiger partial charge in [0.25, 0.3) is 0 Å². The van der Waals surface area contributed by atoms with Crippen LogP contribution in [0.1, 0.15) is 23.7 Å². The van der Waals surface area contributed by atoms with Crippen LogP contribution in [0.5, 0.6) is 0 Å². The van der Waals surface area contributed by atoms with Gasteiger partial charge in [-0.2, -0.15) is 18.2 Å². The number of carbonyl (C=O) groups excluding carboxylic acids is 1. The third-order valence-electron chi connectivity index (χ3n) is 2.99. The quantitative estimate of drug-likeness (QED) is 0.747. The summed E-state index contributed by atoms with van der Waals surface area (Å²) in [6.45, 7) is 1.95. The summed E-state index contributed by atoms with van der Waals surface area (Å²) in [7, 11) is 0. The van der Waals surface area contributed by atoms with Crippen molar-refractivity contribution in [3.63, 3.8) is 0 Å². The summed E-state index contributed by atoms with van der Waals surface area (Å²) < 4.78 is 43.2. The van der Waals surface area contributed by atoms with E-state index in [1.807, 2.05) is 0 Å². The number of aryl methyl sites for hydroxylation is 2. The van der Waals surface area contributed by atoms with Gasteiger partial charge in [0, 0.05) is 32.1 Å². The van der Waals surface area contributed by atoms with Crippen LogP contribution in [0.4, 0.5) is 19.0 Å². The predicted octanol–water partition coefficient (Wildman–Crippen LogP) is 1.95. The second kappa shape index (κ2) is 7.75. The predicted molar refractivity (Wildman–Crippen MR) is 78.1 cm³/mol. The highest BCUT2D eigenvalue weighted by molar-refractivity contribution is 5.76. The third-order valence-corrected chi connectivity index (χ3v) is 2.99. The molecule has 2 N–H and O–H groups in total. The van der Waals surface area contributed by atoms with Gasteiger partial charge in [-0.3, -0.25) is 4.79 Å². The highest BCUT2D eigenvalue weighted by Gasteiger charge is 2.33. The fraction of sp³-hybridized carbons (Fsp3) is 0.429. The summed E-state index contributed by atoms with van der Waals surface area (Å²) in [6.07, 6.45) is -2.76. The monoisotopic (exact) mass is 343 g/mol. The molecule has 10 heteroatoms. The molecule has 0 aromatic carbocycles. The Morgan fingerprint density at radius 1 is 1.33 bits per heavy atom. The largest absolute Gasteiger partial charge is 0.419 e. The lowest BCUT2D eigenvalue weighted by atomic mass is 10.2. The van der Waals surface area contributed by atoms with Gasteiger partial charge in [0.15, 0.2) is 5.82 Å². The lowest BCUT2D eigenvalue weighted by molar-refractivity contribution is -0.137. The van der Waals surface area contributed by atoms with Crippen LogP contribution in [0.2, 0.25) is 0 Å². The standard InChI is InChI=1S/C14H16F3N5O2/c1-9-21-12(24-22-9)5-4-11(23)18-7-8-20-13-10(14(15,16)17)3-2-6-19-13/h2-3,6H,4-5,7-8H2,1H3,(H,18,23)(H,19,20). The first-order valence-electron chi connectivity index (χ1n) is 7.18. The first kappa shape index (κ1) is 17.7. The molecule has 1 amide bonds. The number of halogens is 3. The van der Waals surface area contributed by atoms with Gasteiger partial charge < -0.3 is 15.2 Å². The van der Waals surface area contributed by atoms with E-state index in [1.54, 1.807) is 6.92 Å². The number of alkyl halides is 3. The van der Waals surface area contributed by atoms with Gasteiger partial charge >= 0.3 is 6.18 Å². The summed E-state index contributed by atoms with van der Waals surface area (Å²) in [6, 6.07) is 2.16. The molecular formula is C14H16F3N5O2. The first-order chi connectivity index (χ1) is 11.4. The van der Waals surface area contributed by atoms with Gasteiger partial charge in [-0.15, -0.1) is 0 Å². The fourth-order valence-corrected chi connectivity index (χ4v) is 1.91. The Hall–Kier alpha value is -2.65. The van der Waals surface area contributed by atoms with E-state index in [-0.39, 0.29) is 31.2 Å². The Balaban J connectivity index is 1.72. The van der Waals surface area contributed by atoms with Crippen molar-refractivity contribution >= 4 is 11.7 Å². The molecule has 0 unspecified atom stereocenters. The van der Waals surface area contributed by atoms with Gasteiger partial charge in [-0.25, -0.2) is 4.98 Å². The van der Waals surface area contributed by atoms with Gasteiger partial charge in [-0.1, -0.05) is 5.16 Å². The van der Waals surface area contributed by atoms with Crippen molar-refractivity contribution in [1.82, 2.24) is 20.4 Å². The maximum absolute atomic E-state index is 12.8. The average molecular weight is 343 g/mol. The van der Waals surface area contributed by atoms with Crippen LogP contribution in [0.15, 0.2) is 22.9 Å².